The van der Waals surface area contributed by atoms with Crippen molar-refractivity contribution in [3.63, 3.8) is 0 Å². The standard InChI is InChI=1S/C15H19BrN2O3/c1-11-10-12(2-3-13(11)16)15(20)17-5-4-14(19)18-6-8-21-9-7-18/h2-3,10H,4-9H2,1H3,(H,17,20). The van der Waals surface area contributed by atoms with Gasteiger partial charge in [-0.3, -0.25) is 9.59 Å². The average Bonchev–Trinajstić information content (AvgIpc) is 2.50. The number of benzene rings is 1. The van der Waals surface area contributed by atoms with Crippen molar-refractivity contribution in [2.24, 2.45) is 0 Å². The molecule has 2 amide bonds. The van der Waals surface area contributed by atoms with Gasteiger partial charge in [0.15, 0.2) is 0 Å². The maximum absolute atomic E-state index is 12.0. The van der Waals surface area contributed by atoms with E-state index >= 15 is 0 Å². The van der Waals surface area contributed by atoms with Crippen molar-refractivity contribution in [3.05, 3.63) is 33.8 Å². The fraction of sp³-hybridized carbons (Fsp3) is 0.467. The Balaban J connectivity index is 1.78. The molecule has 0 spiro atoms. The molecule has 1 heterocycles. The first kappa shape index (κ1) is 16.0. The number of nitrogens with zero attached hydrogens (tertiary/aromatic N) is 1. The lowest BCUT2D eigenvalue weighted by Crippen LogP contribution is -2.42. The molecule has 1 aromatic carbocycles. The van der Waals surface area contributed by atoms with Crippen LogP contribution in [0.2, 0.25) is 0 Å². The molecule has 0 aliphatic carbocycles. The largest absolute Gasteiger partial charge is 0.378 e. The zero-order chi connectivity index (χ0) is 15.2. The van der Waals surface area contributed by atoms with Crippen LogP contribution in [0.3, 0.4) is 0 Å². The van der Waals surface area contributed by atoms with Crippen LogP contribution in [0, 0.1) is 6.92 Å². The molecular weight excluding hydrogens is 336 g/mol. The van der Waals surface area contributed by atoms with Crippen molar-refractivity contribution in [1.29, 1.82) is 0 Å². The maximum Gasteiger partial charge on any atom is 0.251 e. The minimum atomic E-state index is -0.152. The molecule has 2 rings (SSSR count). The van der Waals surface area contributed by atoms with Gasteiger partial charge in [0, 0.05) is 36.1 Å². The molecule has 114 valence electrons. The van der Waals surface area contributed by atoms with Crippen LogP contribution in [-0.4, -0.2) is 49.6 Å². The van der Waals surface area contributed by atoms with E-state index in [1.54, 1.807) is 11.0 Å². The van der Waals surface area contributed by atoms with E-state index in [0.29, 0.717) is 44.8 Å². The summed E-state index contributed by atoms with van der Waals surface area (Å²) in [6.45, 7) is 4.75. The maximum atomic E-state index is 12.0. The zero-order valence-electron chi connectivity index (χ0n) is 12.0. The molecule has 1 aromatic rings. The van der Waals surface area contributed by atoms with Crippen molar-refractivity contribution in [2.45, 2.75) is 13.3 Å². The van der Waals surface area contributed by atoms with Crippen LogP contribution in [0.25, 0.3) is 0 Å². The van der Waals surface area contributed by atoms with Crippen molar-refractivity contribution < 1.29 is 14.3 Å². The van der Waals surface area contributed by atoms with Gasteiger partial charge in [-0.2, -0.15) is 0 Å². The van der Waals surface area contributed by atoms with Crippen LogP contribution in [0.5, 0.6) is 0 Å². The van der Waals surface area contributed by atoms with Gasteiger partial charge in [-0.15, -0.1) is 0 Å². The van der Waals surface area contributed by atoms with Crippen molar-refractivity contribution >= 4 is 27.7 Å². The van der Waals surface area contributed by atoms with E-state index in [1.807, 2.05) is 19.1 Å². The number of ether oxygens (including phenoxy) is 1. The summed E-state index contributed by atoms with van der Waals surface area (Å²) in [6, 6.07) is 5.43. The Hall–Kier alpha value is -1.40. The Kier molecular flexibility index (Phi) is 5.76. The molecular formula is C15H19BrN2O3. The molecule has 6 heteroatoms. The summed E-state index contributed by atoms with van der Waals surface area (Å²) in [6.07, 6.45) is 0.321. The van der Waals surface area contributed by atoms with Crippen molar-refractivity contribution in [3.8, 4) is 0 Å². The number of amides is 2. The van der Waals surface area contributed by atoms with Gasteiger partial charge < -0.3 is 15.0 Å². The highest BCUT2D eigenvalue weighted by Crippen LogP contribution is 2.16. The van der Waals surface area contributed by atoms with Gasteiger partial charge >= 0.3 is 0 Å². The van der Waals surface area contributed by atoms with Gasteiger partial charge in [0.25, 0.3) is 5.91 Å². The Bertz CT molecular complexity index is 528. The van der Waals surface area contributed by atoms with Gasteiger partial charge in [0.1, 0.15) is 0 Å². The normalized spacial score (nSPS) is 14.9. The second-order valence-electron chi connectivity index (χ2n) is 4.96. The third-order valence-electron chi connectivity index (χ3n) is 3.41. The van der Waals surface area contributed by atoms with E-state index < -0.39 is 0 Å². The average molecular weight is 355 g/mol. The quantitative estimate of drug-likeness (QED) is 0.895. The number of carbonyl (C=O) groups is 2. The Labute approximate surface area is 132 Å². The summed E-state index contributed by atoms with van der Waals surface area (Å²) in [5.74, 6) is -0.0917. The molecule has 0 saturated carbocycles. The van der Waals surface area contributed by atoms with E-state index in [1.165, 1.54) is 0 Å². The third kappa shape index (κ3) is 4.54. The summed E-state index contributed by atoms with van der Waals surface area (Å²) < 4.78 is 6.18. The molecule has 21 heavy (non-hydrogen) atoms. The zero-order valence-corrected chi connectivity index (χ0v) is 13.6. The summed E-state index contributed by atoms with van der Waals surface area (Å²) in [7, 11) is 0. The Morgan fingerprint density at radius 3 is 2.71 bits per heavy atom. The van der Waals surface area contributed by atoms with E-state index in [-0.39, 0.29) is 11.8 Å². The monoisotopic (exact) mass is 354 g/mol. The number of carbonyl (C=O) groups excluding carboxylic acids is 2. The first-order valence-corrected chi connectivity index (χ1v) is 7.77. The summed E-state index contributed by atoms with van der Waals surface area (Å²) in [5, 5.41) is 2.78. The fourth-order valence-electron chi connectivity index (χ4n) is 2.14. The fourth-order valence-corrected chi connectivity index (χ4v) is 2.39. The van der Waals surface area contributed by atoms with Gasteiger partial charge in [-0.25, -0.2) is 0 Å². The van der Waals surface area contributed by atoms with Crippen LogP contribution in [0.15, 0.2) is 22.7 Å². The molecule has 0 unspecified atom stereocenters. The van der Waals surface area contributed by atoms with Crippen LogP contribution in [0.1, 0.15) is 22.3 Å². The number of halogens is 1. The number of morpholine rings is 1. The molecule has 1 aliphatic heterocycles. The molecule has 1 N–H and O–H groups in total. The SMILES string of the molecule is Cc1cc(C(=O)NCCC(=O)N2CCOCC2)ccc1Br. The number of rotatable bonds is 4. The van der Waals surface area contributed by atoms with E-state index in [2.05, 4.69) is 21.2 Å². The molecule has 1 saturated heterocycles. The highest BCUT2D eigenvalue weighted by Gasteiger charge is 2.16. The number of hydrogen-bond acceptors (Lipinski definition) is 3. The number of nitrogens with one attached hydrogen (secondary N) is 1. The number of hydrogen-bond donors (Lipinski definition) is 1. The van der Waals surface area contributed by atoms with Crippen LogP contribution in [-0.2, 0) is 9.53 Å². The summed E-state index contributed by atoms with van der Waals surface area (Å²) >= 11 is 3.40. The first-order valence-electron chi connectivity index (χ1n) is 6.98. The van der Waals surface area contributed by atoms with E-state index in [4.69, 9.17) is 4.74 Å². The second kappa shape index (κ2) is 7.56. The predicted molar refractivity (Wildman–Crippen MR) is 83.2 cm³/mol. The first-order chi connectivity index (χ1) is 10.1. The highest BCUT2D eigenvalue weighted by atomic mass is 79.9. The minimum absolute atomic E-state index is 0.0607. The Morgan fingerprint density at radius 1 is 1.33 bits per heavy atom. The molecule has 0 bridgehead atoms. The summed E-state index contributed by atoms with van der Waals surface area (Å²) in [4.78, 5) is 25.7. The smallest absolute Gasteiger partial charge is 0.251 e. The number of aryl methyl sites for hydroxylation is 1. The lowest BCUT2D eigenvalue weighted by Gasteiger charge is -2.26. The molecule has 1 aliphatic rings. The van der Waals surface area contributed by atoms with E-state index in [0.717, 1.165) is 10.0 Å². The van der Waals surface area contributed by atoms with Gasteiger partial charge in [-0.05, 0) is 30.7 Å². The highest BCUT2D eigenvalue weighted by molar-refractivity contribution is 9.10. The van der Waals surface area contributed by atoms with Gasteiger partial charge in [-0.1, -0.05) is 15.9 Å². The molecule has 1 fully saturated rings. The van der Waals surface area contributed by atoms with Gasteiger partial charge in [0.2, 0.25) is 5.91 Å². The van der Waals surface area contributed by atoms with Crippen LogP contribution in [0.4, 0.5) is 0 Å². The van der Waals surface area contributed by atoms with Crippen molar-refractivity contribution in [1.82, 2.24) is 10.2 Å². The molecule has 0 aromatic heterocycles. The molecule has 0 radical (unpaired) electrons. The molecule has 5 nitrogen and oxygen atoms in total. The van der Waals surface area contributed by atoms with E-state index in [9.17, 15) is 9.59 Å². The molecule has 0 atom stereocenters. The minimum Gasteiger partial charge on any atom is -0.378 e. The predicted octanol–water partition coefficient (Wildman–Crippen LogP) is 1.74. The summed E-state index contributed by atoms with van der Waals surface area (Å²) in [5.41, 5.74) is 1.61. The Morgan fingerprint density at radius 2 is 2.05 bits per heavy atom. The second-order valence-corrected chi connectivity index (χ2v) is 5.82. The topological polar surface area (TPSA) is 58.6 Å². The lowest BCUT2D eigenvalue weighted by atomic mass is 10.1. The van der Waals surface area contributed by atoms with Crippen molar-refractivity contribution in [2.75, 3.05) is 32.8 Å². The van der Waals surface area contributed by atoms with Crippen LogP contribution >= 0.6 is 15.9 Å². The lowest BCUT2D eigenvalue weighted by molar-refractivity contribution is -0.135. The third-order valence-corrected chi connectivity index (χ3v) is 4.30. The van der Waals surface area contributed by atoms with Crippen LogP contribution < -0.4 is 5.32 Å². The van der Waals surface area contributed by atoms with Gasteiger partial charge in [0.05, 0.1) is 13.2 Å².